The molecule has 8 rings (SSSR count). The Labute approximate surface area is 293 Å². The number of nitrogens with one attached hydrogen (secondary N) is 2. The zero-order valence-corrected chi connectivity index (χ0v) is 29.0. The van der Waals surface area contributed by atoms with E-state index in [1.54, 1.807) is 11.8 Å². The van der Waals surface area contributed by atoms with Crippen LogP contribution in [-0.2, 0) is 46.0 Å². The average Bonchev–Trinajstić information content (AvgIpc) is 3.91. The van der Waals surface area contributed by atoms with Gasteiger partial charge in [-0.3, -0.25) is 0 Å². The monoisotopic (exact) mass is 687 g/mol. The van der Waals surface area contributed by atoms with Gasteiger partial charge >= 0.3 is 6.03 Å². The third-order valence-electron chi connectivity index (χ3n) is 10.2. The molecule has 256 valence electrons. The number of anilines is 1. The van der Waals surface area contributed by atoms with E-state index in [1.807, 2.05) is 91.0 Å². The first-order chi connectivity index (χ1) is 24.5. The molecule has 2 amide bonds. The minimum Gasteiger partial charge on any atom is -0.477 e. The SMILES string of the molecule is COC[C@@H]1CCc2c1cc1c(c2NC(=O)NS(=O)(=NC(c2ccccc2)(c2ccccc2)c2ccccc2)c2cnn3c2OCCC3)CCC1. The lowest BCUT2D eigenvalue weighted by Crippen LogP contribution is -2.38. The minimum absolute atomic E-state index is 0.239. The number of hydrogen-bond donors (Lipinski definition) is 2. The third-order valence-corrected chi connectivity index (χ3v) is 12.1. The highest BCUT2D eigenvalue weighted by Gasteiger charge is 2.41. The van der Waals surface area contributed by atoms with E-state index in [-0.39, 0.29) is 10.8 Å². The first-order valence-electron chi connectivity index (χ1n) is 17.4. The average molecular weight is 688 g/mol. The summed E-state index contributed by atoms with van der Waals surface area (Å²) in [4.78, 5) is 14.7. The molecule has 9 nitrogen and oxygen atoms in total. The molecule has 5 aromatic rings. The second-order valence-corrected chi connectivity index (χ2v) is 15.1. The minimum atomic E-state index is -3.80. The second kappa shape index (κ2) is 13.4. The van der Waals surface area contributed by atoms with Gasteiger partial charge in [0.05, 0.1) is 19.4 Å². The lowest BCUT2D eigenvalue weighted by molar-refractivity contribution is 0.179. The Kier molecular flexibility index (Phi) is 8.66. The van der Waals surface area contributed by atoms with Crippen LogP contribution in [0.25, 0.3) is 0 Å². The van der Waals surface area contributed by atoms with Gasteiger partial charge in [0.25, 0.3) is 0 Å². The summed E-state index contributed by atoms with van der Waals surface area (Å²) in [6.07, 6.45) is 7.00. The van der Waals surface area contributed by atoms with Gasteiger partial charge in [0.2, 0.25) is 5.88 Å². The van der Waals surface area contributed by atoms with E-state index >= 15 is 4.21 Å². The molecule has 2 aliphatic carbocycles. The molecule has 0 saturated heterocycles. The second-order valence-electron chi connectivity index (χ2n) is 13.2. The van der Waals surface area contributed by atoms with Gasteiger partial charge in [0.15, 0.2) is 9.92 Å². The first-order valence-corrected chi connectivity index (χ1v) is 18.9. The summed E-state index contributed by atoms with van der Waals surface area (Å²) in [5.41, 5.74) is 6.78. The van der Waals surface area contributed by atoms with Crippen molar-refractivity contribution in [3.8, 4) is 5.88 Å². The number of hydrogen-bond acceptors (Lipinski definition) is 6. The van der Waals surface area contributed by atoms with Gasteiger partial charge in [-0.05, 0) is 71.0 Å². The van der Waals surface area contributed by atoms with Crippen LogP contribution in [0.2, 0.25) is 0 Å². The Hall–Kier alpha value is -4.93. The van der Waals surface area contributed by atoms with Gasteiger partial charge < -0.3 is 14.8 Å². The quantitative estimate of drug-likeness (QED) is 0.157. The Bertz CT molecular complexity index is 2050. The van der Waals surface area contributed by atoms with Crippen molar-refractivity contribution in [3.63, 3.8) is 0 Å². The highest BCUT2D eigenvalue weighted by atomic mass is 32.2. The molecule has 2 atom stereocenters. The Morgan fingerprint density at radius 1 is 0.940 bits per heavy atom. The number of carbonyl (C=O) groups excluding carboxylic acids is 1. The standard InChI is InChI=1S/C40H41N5O4S/c1-48-27-29-21-22-34-35(29)25-28-13-11-20-33(28)37(34)42-39(46)43-50(47,36-26-41-45-23-12-24-49-38(36)45)44-40(30-14-5-2-6-15-30,31-16-7-3-8-17-31)32-18-9-4-10-19-32/h2-10,14-19,25-26,29H,11-13,20-24,27H2,1H3,(H2,42,43,44,46,47)/t29-,50?/m0/s1. The molecule has 1 unspecified atom stereocenters. The molecule has 3 aliphatic rings. The molecule has 0 spiro atoms. The molecule has 0 saturated carbocycles. The predicted molar refractivity (Wildman–Crippen MR) is 194 cm³/mol. The Morgan fingerprint density at radius 2 is 1.60 bits per heavy atom. The highest BCUT2D eigenvalue weighted by molar-refractivity contribution is 7.92. The van der Waals surface area contributed by atoms with Crippen molar-refractivity contribution in [1.29, 1.82) is 0 Å². The number of aromatic nitrogens is 2. The van der Waals surface area contributed by atoms with E-state index < -0.39 is 21.5 Å². The van der Waals surface area contributed by atoms with E-state index in [1.165, 1.54) is 22.9 Å². The van der Waals surface area contributed by atoms with Gasteiger partial charge in [-0.1, -0.05) is 97.1 Å². The molecule has 0 radical (unpaired) electrons. The number of rotatable bonds is 9. The normalized spacial score (nSPS) is 17.5. The predicted octanol–water partition coefficient (Wildman–Crippen LogP) is 7.39. The van der Waals surface area contributed by atoms with Gasteiger partial charge in [-0.15, -0.1) is 0 Å². The lowest BCUT2D eigenvalue weighted by atomic mass is 9.78. The number of methoxy groups -OCH3 is 1. The van der Waals surface area contributed by atoms with E-state index in [4.69, 9.17) is 13.8 Å². The topological polar surface area (TPSA) is 107 Å². The number of ether oxygens (including phenoxy) is 2. The zero-order valence-electron chi connectivity index (χ0n) is 28.1. The van der Waals surface area contributed by atoms with Crippen LogP contribution in [0, 0.1) is 0 Å². The molecule has 0 fully saturated rings. The van der Waals surface area contributed by atoms with Crippen LogP contribution in [0.4, 0.5) is 10.5 Å². The van der Waals surface area contributed by atoms with Crippen LogP contribution in [0.15, 0.2) is 113 Å². The van der Waals surface area contributed by atoms with Crippen LogP contribution in [-0.4, -0.2) is 40.3 Å². The maximum absolute atomic E-state index is 16.0. The van der Waals surface area contributed by atoms with E-state index in [0.29, 0.717) is 25.6 Å². The number of aryl methyl sites for hydroxylation is 2. The zero-order chi connectivity index (χ0) is 34.1. The highest BCUT2D eigenvalue weighted by Crippen LogP contribution is 2.45. The number of amides is 2. The summed E-state index contributed by atoms with van der Waals surface area (Å²) < 4.78 is 37.6. The van der Waals surface area contributed by atoms with Crippen molar-refractivity contribution in [3.05, 3.63) is 142 Å². The van der Waals surface area contributed by atoms with Crippen LogP contribution in [0.3, 0.4) is 0 Å². The number of benzene rings is 4. The van der Waals surface area contributed by atoms with E-state index in [2.05, 4.69) is 21.2 Å². The van der Waals surface area contributed by atoms with E-state index in [9.17, 15) is 4.79 Å². The van der Waals surface area contributed by atoms with Gasteiger partial charge in [0.1, 0.15) is 10.4 Å². The maximum atomic E-state index is 16.0. The van der Waals surface area contributed by atoms with Crippen LogP contribution in [0.1, 0.15) is 64.1 Å². The molecular weight excluding hydrogens is 647 g/mol. The van der Waals surface area contributed by atoms with Crippen LogP contribution >= 0.6 is 0 Å². The van der Waals surface area contributed by atoms with Gasteiger partial charge in [0, 0.05) is 31.7 Å². The molecular formula is C40H41N5O4S. The Morgan fingerprint density at radius 3 is 2.24 bits per heavy atom. The van der Waals surface area contributed by atoms with Crippen molar-refractivity contribution in [2.75, 3.05) is 25.6 Å². The van der Waals surface area contributed by atoms with Crippen molar-refractivity contribution in [1.82, 2.24) is 14.5 Å². The first kappa shape index (κ1) is 32.3. The summed E-state index contributed by atoms with van der Waals surface area (Å²) in [6.45, 7) is 1.70. The third kappa shape index (κ3) is 5.66. The number of nitrogens with zero attached hydrogens (tertiary/aromatic N) is 3. The van der Waals surface area contributed by atoms with Crippen molar-refractivity contribution >= 4 is 21.6 Å². The summed E-state index contributed by atoms with van der Waals surface area (Å²) in [5.74, 6) is 0.639. The largest absolute Gasteiger partial charge is 0.477 e. The van der Waals surface area contributed by atoms with Crippen LogP contribution in [0.5, 0.6) is 5.88 Å². The fraction of sp³-hybridized carbons (Fsp3) is 0.300. The van der Waals surface area contributed by atoms with Crippen molar-refractivity contribution in [2.24, 2.45) is 4.36 Å². The molecule has 50 heavy (non-hydrogen) atoms. The molecule has 10 heteroatoms. The van der Waals surface area contributed by atoms with Gasteiger partial charge in [-0.25, -0.2) is 18.4 Å². The Balaban J connectivity index is 1.32. The molecule has 2 N–H and O–H groups in total. The summed E-state index contributed by atoms with van der Waals surface area (Å²) in [5, 5.41) is 7.76. The fourth-order valence-corrected chi connectivity index (χ4v) is 9.81. The smallest absolute Gasteiger partial charge is 0.331 e. The molecule has 1 aromatic heterocycles. The number of carbonyl (C=O) groups is 1. The van der Waals surface area contributed by atoms with Gasteiger partial charge in [-0.2, -0.15) is 9.46 Å². The van der Waals surface area contributed by atoms with Crippen molar-refractivity contribution < 1.29 is 18.5 Å². The number of urea groups is 1. The molecule has 2 heterocycles. The van der Waals surface area contributed by atoms with Crippen molar-refractivity contribution in [2.45, 2.75) is 61.4 Å². The molecule has 4 aromatic carbocycles. The molecule has 1 aliphatic heterocycles. The molecule has 0 bridgehead atoms. The summed E-state index contributed by atoms with van der Waals surface area (Å²) in [7, 11) is -2.07. The summed E-state index contributed by atoms with van der Waals surface area (Å²) >= 11 is 0. The van der Waals surface area contributed by atoms with Crippen LogP contribution < -0.4 is 14.8 Å². The summed E-state index contributed by atoms with van der Waals surface area (Å²) in [6, 6.07) is 31.2. The number of fused-ring (bicyclic) bond motifs is 3. The fourth-order valence-electron chi connectivity index (χ4n) is 7.96. The maximum Gasteiger partial charge on any atom is 0.331 e. The van der Waals surface area contributed by atoms with E-state index in [0.717, 1.165) is 66.5 Å². The lowest BCUT2D eigenvalue weighted by Gasteiger charge is -2.33.